The molecule has 0 saturated heterocycles. The monoisotopic (exact) mass is 324 g/mol. The first kappa shape index (κ1) is 16.0. The highest BCUT2D eigenvalue weighted by molar-refractivity contribution is 6.30. The van der Waals surface area contributed by atoms with Gasteiger partial charge in [-0.2, -0.15) is 0 Å². The minimum atomic E-state index is -0.00183. The third kappa shape index (κ3) is 4.33. The highest BCUT2D eigenvalue weighted by Gasteiger charge is 2.14. The number of carbonyl (C=O) groups excluding carboxylic acids is 1. The summed E-state index contributed by atoms with van der Waals surface area (Å²) >= 11 is 5.84. The summed E-state index contributed by atoms with van der Waals surface area (Å²) in [6, 6.07) is 15.6. The van der Waals surface area contributed by atoms with Gasteiger partial charge in [0, 0.05) is 10.6 Å². The Balaban J connectivity index is 1.65. The maximum Gasteiger partial charge on any atom is 0.185 e. The SMILES string of the molecule is O=C(C=Cc1ccc(C2CCCCC2)cc1)c1ccc(Cl)cc1. The topological polar surface area (TPSA) is 17.1 Å². The summed E-state index contributed by atoms with van der Waals surface area (Å²) in [6.45, 7) is 0. The third-order valence-electron chi connectivity index (χ3n) is 4.57. The quantitative estimate of drug-likeness (QED) is 0.477. The number of hydrogen-bond acceptors (Lipinski definition) is 1. The van der Waals surface area contributed by atoms with E-state index in [1.165, 1.54) is 37.7 Å². The third-order valence-corrected chi connectivity index (χ3v) is 4.82. The highest BCUT2D eigenvalue weighted by Crippen LogP contribution is 2.32. The predicted octanol–water partition coefficient (Wildman–Crippen LogP) is 6.28. The van der Waals surface area contributed by atoms with Gasteiger partial charge in [-0.25, -0.2) is 0 Å². The van der Waals surface area contributed by atoms with Gasteiger partial charge in [0.05, 0.1) is 0 Å². The number of benzene rings is 2. The predicted molar refractivity (Wildman–Crippen MR) is 97.1 cm³/mol. The lowest BCUT2D eigenvalue weighted by molar-refractivity contribution is 0.104. The smallest absolute Gasteiger partial charge is 0.185 e. The summed E-state index contributed by atoms with van der Waals surface area (Å²) in [5.41, 5.74) is 3.15. The second kappa shape index (κ2) is 7.61. The molecular formula is C21H21ClO. The molecule has 0 radical (unpaired) electrons. The lowest BCUT2D eigenvalue weighted by atomic mass is 9.84. The zero-order chi connectivity index (χ0) is 16.1. The van der Waals surface area contributed by atoms with E-state index in [0.29, 0.717) is 10.6 Å². The molecule has 1 aliphatic rings. The first-order valence-corrected chi connectivity index (χ1v) is 8.68. The molecule has 2 aromatic rings. The molecule has 0 amide bonds. The van der Waals surface area contributed by atoms with E-state index in [4.69, 9.17) is 11.6 Å². The second-order valence-corrected chi connectivity index (χ2v) is 6.64. The summed E-state index contributed by atoms with van der Waals surface area (Å²) in [7, 11) is 0. The molecule has 23 heavy (non-hydrogen) atoms. The molecule has 0 N–H and O–H groups in total. The van der Waals surface area contributed by atoms with Gasteiger partial charge in [-0.05, 0) is 60.2 Å². The summed E-state index contributed by atoms with van der Waals surface area (Å²) in [5, 5.41) is 0.642. The Kier molecular flexibility index (Phi) is 5.30. The van der Waals surface area contributed by atoms with Crippen LogP contribution in [0.1, 0.15) is 59.5 Å². The van der Waals surface area contributed by atoms with Gasteiger partial charge in [0.15, 0.2) is 5.78 Å². The van der Waals surface area contributed by atoms with E-state index in [1.54, 1.807) is 30.3 Å². The van der Waals surface area contributed by atoms with Crippen molar-refractivity contribution in [3.63, 3.8) is 0 Å². The summed E-state index contributed by atoms with van der Waals surface area (Å²) in [4.78, 5) is 12.1. The van der Waals surface area contributed by atoms with Gasteiger partial charge in [-0.3, -0.25) is 4.79 Å². The van der Waals surface area contributed by atoms with Crippen LogP contribution >= 0.6 is 11.6 Å². The van der Waals surface area contributed by atoms with Crippen molar-refractivity contribution in [2.45, 2.75) is 38.0 Å². The maximum absolute atomic E-state index is 12.1. The standard InChI is InChI=1S/C21H21ClO/c22-20-13-11-19(12-14-20)21(23)15-8-16-6-9-18(10-7-16)17-4-2-1-3-5-17/h6-15,17H,1-5H2. The van der Waals surface area contributed by atoms with Crippen molar-refractivity contribution in [1.82, 2.24) is 0 Å². The van der Waals surface area contributed by atoms with Crippen LogP contribution in [-0.2, 0) is 0 Å². The maximum atomic E-state index is 12.1. The van der Waals surface area contributed by atoms with Crippen molar-refractivity contribution in [1.29, 1.82) is 0 Å². The fourth-order valence-electron chi connectivity index (χ4n) is 3.20. The summed E-state index contributed by atoms with van der Waals surface area (Å²) < 4.78 is 0. The van der Waals surface area contributed by atoms with Crippen LogP contribution in [-0.4, -0.2) is 5.78 Å². The molecule has 1 saturated carbocycles. The average Bonchev–Trinajstić information content (AvgIpc) is 2.61. The van der Waals surface area contributed by atoms with E-state index in [1.807, 2.05) is 6.08 Å². The van der Waals surface area contributed by atoms with Gasteiger partial charge in [0.25, 0.3) is 0 Å². The summed E-state index contributed by atoms with van der Waals surface area (Å²) in [5.74, 6) is 0.718. The van der Waals surface area contributed by atoms with E-state index in [-0.39, 0.29) is 5.78 Å². The Morgan fingerprint density at radius 1 is 0.913 bits per heavy atom. The van der Waals surface area contributed by atoms with E-state index in [2.05, 4.69) is 24.3 Å². The van der Waals surface area contributed by atoms with Crippen LogP contribution in [0.3, 0.4) is 0 Å². The van der Waals surface area contributed by atoms with Crippen molar-refractivity contribution < 1.29 is 4.79 Å². The second-order valence-electron chi connectivity index (χ2n) is 6.21. The Bertz CT molecular complexity index is 677. The number of rotatable bonds is 4. The van der Waals surface area contributed by atoms with Crippen molar-refractivity contribution in [3.8, 4) is 0 Å². The van der Waals surface area contributed by atoms with Gasteiger partial charge in [0.1, 0.15) is 0 Å². The van der Waals surface area contributed by atoms with Gasteiger partial charge < -0.3 is 0 Å². The lowest BCUT2D eigenvalue weighted by Crippen LogP contribution is -2.04. The Labute approximate surface area is 143 Å². The highest BCUT2D eigenvalue weighted by atomic mass is 35.5. The molecule has 0 bridgehead atoms. The Morgan fingerprint density at radius 3 is 2.22 bits per heavy atom. The van der Waals surface area contributed by atoms with Crippen molar-refractivity contribution in [3.05, 3.63) is 76.3 Å². The molecule has 0 unspecified atom stereocenters. The normalized spacial score (nSPS) is 15.9. The van der Waals surface area contributed by atoms with Gasteiger partial charge in [0.2, 0.25) is 0 Å². The molecule has 2 aromatic carbocycles. The molecule has 0 aromatic heterocycles. The molecule has 0 atom stereocenters. The fourth-order valence-corrected chi connectivity index (χ4v) is 3.32. The lowest BCUT2D eigenvalue weighted by Gasteiger charge is -2.21. The molecule has 0 aliphatic heterocycles. The van der Waals surface area contributed by atoms with Gasteiger partial charge in [-0.1, -0.05) is 61.2 Å². The zero-order valence-electron chi connectivity index (χ0n) is 13.2. The van der Waals surface area contributed by atoms with E-state index in [9.17, 15) is 4.79 Å². The Morgan fingerprint density at radius 2 is 1.57 bits per heavy atom. The van der Waals surface area contributed by atoms with Crippen molar-refractivity contribution >= 4 is 23.5 Å². The van der Waals surface area contributed by atoms with E-state index < -0.39 is 0 Å². The van der Waals surface area contributed by atoms with Crippen LogP contribution in [0.15, 0.2) is 54.6 Å². The Hall–Kier alpha value is -1.86. The largest absolute Gasteiger partial charge is 0.289 e. The van der Waals surface area contributed by atoms with Crippen molar-refractivity contribution in [2.75, 3.05) is 0 Å². The molecule has 3 rings (SSSR count). The van der Waals surface area contributed by atoms with Crippen LogP contribution < -0.4 is 0 Å². The van der Waals surface area contributed by atoms with Crippen LogP contribution in [0.5, 0.6) is 0 Å². The fraction of sp³-hybridized carbons (Fsp3) is 0.286. The first-order valence-electron chi connectivity index (χ1n) is 8.30. The number of ketones is 1. The minimum Gasteiger partial charge on any atom is -0.289 e. The first-order chi connectivity index (χ1) is 11.2. The van der Waals surface area contributed by atoms with Crippen LogP contribution in [0.4, 0.5) is 0 Å². The van der Waals surface area contributed by atoms with E-state index in [0.717, 1.165) is 11.5 Å². The molecule has 2 heteroatoms. The zero-order valence-corrected chi connectivity index (χ0v) is 13.9. The van der Waals surface area contributed by atoms with Crippen LogP contribution in [0.2, 0.25) is 5.02 Å². The molecule has 0 heterocycles. The molecule has 0 spiro atoms. The number of hydrogen-bond donors (Lipinski definition) is 0. The molecule has 1 aliphatic carbocycles. The molecule has 118 valence electrons. The molecule has 1 fully saturated rings. The number of allylic oxidation sites excluding steroid dienone is 1. The van der Waals surface area contributed by atoms with Gasteiger partial charge in [-0.15, -0.1) is 0 Å². The van der Waals surface area contributed by atoms with E-state index >= 15 is 0 Å². The number of carbonyl (C=O) groups is 1. The number of halogens is 1. The summed E-state index contributed by atoms with van der Waals surface area (Å²) in [6.07, 6.45) is 10.2. The van der Waals surface area contributed by atoms with Crippen LogP contribution in [0.25, 0.3) is 6.08 Å². The van der Waals surface area contributed by atoms with Crippen molar-refractivity contribution in [2.24, 2.45) is 0 Å². The average molecular weight is 325 g/mol. The molecule has 1 nitrogen and oxygen atoms in total. The molecular weight excluding hydrogens is 304 g/mol. The van der Waals surface area contributed by atoms with Gasteiger partial charge >= 0.3 is 0 Å². The van der Waals surface area contributed by atoms with Crippen LogP contribution in [0, 0.1) is 0 Å². The minimum absolute atomic E-state index is 0.00183.